The van der Waals surface area contributed by atoms with Gasteiger partial charge in [-0.2, -0.15) is 0 Å². The molecule has 0 heterocycles. The first kappa shape index (κ1) is 15.4. The van der Waals surface area contributed by atoms with Crippen molar-refractivity contribution in [1.29, 1.82) is 0 Å². The van der Waals surface area contributed by atoms with Gasteiger partial charge >= 0.3 is 5.97 Å². The lowest BCUT2D eigenvalue weighted by Crippen LogP contribution is -2.20. The Labute approximate surface area is 114 Å². The van der Waals surface area contributed by atoms with E-state index < -0.39 is 5.97 Å². The Bertz CT molecular complexity index is 404. The lowest BCUT2D eigenvalue weighted by Gasteiger charge is -2.09. The number of nitrogens with one attached hydrogen (secondary N) is 1. The van der Waals surface area contributed by atoms with Crippen molar-refractivity contribution in [2.24, 2.45) is 0 Å². The first-order chi connectivity index (χ1) is 9.24. The normalized spacial score (nSPS) is 10.3. The Balaban J connectivity index is 2.28. The lowest BCUT2D eigenvalue weighted by molar-refractivity contribution is -0.136. The number of hydrogen-bond acceptors (Lipinski definition) is 3. The zero-order valence-electron chi connectivity index (χ0n) is 11.1. The van der Waals surface area contributed by atoms with Gasteiger partial charge in [0.15, 0.2) is 0 Å². The predicted octanol–water partition coefficient (Wildman–Crippen LogP) is 2.00. The van der Waals surface area contributed by atoms with Gasteiger partial charge < -0.3 is 15.2 Å². The number of carboxylic acids is 1. The molecule has 0 radical (unpaired) electrons. The van der Waals surface area contributed by atoms with E-state index in [0.29, 0.717) is 19.8 Å². The summed E-state index contributed by atoms with van der Waals surface area (Å²) in [5.41, 5.74) is 1.88. The van der Waals surface area contributed by atoms with Gasteiger partial charge in [0.25, 0.3) is 0 Å². The highest BCUT2D eigenvalue weighted by atomic mass is 16.5. The second-order valence-corrected chi connectivity index (χ2v) is 4.21. The Morgan fingerprint density at radius 3 is 2.74 bits per heavy atom. The SMILES string of the molecule is C=CCCOCCNCc1ccccc1CC(=O)O. The van der Waals surface area contributed by atoms with Gasteiger partial charge in [0.1, 0.15) is 0 Å². The number of carboxylic acid groups (broad SMARTS) is 1. The molecule has 4 nitrogen and oxygen atoms in total. The fraction of sp³-hybridized carbons (Fsp3) is 0.400. The third-order valence-corrected chi connectivity index (χ3v) is 2.67. The summed E-state index contributed by atoms with van der Waals surface area (Å²) < 4.78 is 5.38. The van der Waals surface area contributed by atoms with Crippen LogP contribution in [0.4, 0.5) is 0 Å². The van der Waals surface area contributed by atoms with E-state index in [-0.39, 0.29) is 6.42 Å². The van der Waals surface area contributed by atoms with Crippen LogP contribution in [0.3, 0.4) is 0 Å². The van der Waals surface area contributed by atoms with Gasteiger partial charge in [-0.25, -0.2) is 0 Å². The highest BCUT2D eigenvalue weighted by molar-refractivity contribution is 5.70. The smallest absolute Gasteiger partial charge is 0.307 e. The summed E-state index contributed by atoms with van der Waals surface area (Å²) in [5, 5.41) is 12.1. The number of hydrogen-bond donors (Lipinski definition) is 2. The molecule has 1 aromatic carbocycles. The largest absolute Gasteiger partial charge is 0.481 e. The van der Waals surface area contributed by atoms with Crippen LogP contribution in [-0.2, 0) is 22.5 Å². The van der Waals surface area contributed by atoms with Gasteiger partial charge in [-0.1, -0.05) is 30.3 Å². The van der Waals surface area contributed by atoms with Gasteiger partial charge in [0.05, 0.1) is 19.6 Å². The van der Waals surface area contributed by atoms with Gasteiger partial charge in [0.2, 0.25) is 0 Å². The van der Waals surface area contributed by atoms with Crippen LogP contribution in [0.15, 0.2) is 36.9 Å². The average Bonchev–Trinajstić information content (AvgIpc) is 2.39. The van der Waals surface area contributed by atoms with Crippen LogP contribution in [0.25, 0.3) is 0 Å². The number of carbonyl (C=O) groups is 1. The minimum absolute atomic E-state index is 0.0632. The van der Waals surface area contributed by atoms with Crippen molar-refractivity contribution in [2.45, 2.75) is 19.4 Å². The molecular weight excluding hydrogens is 242 g/mol. The van der Waals surface area contributed by atoms with Gasteiger partial charge in [-0.15, -0.1) is 6.58 Å². The number of aliphatic carboxylic acids is 1. The maximum Gasteiger partial charge on any atom is 0.307 e. The molecule has 0 saturated heterocycles. The average molecular weight is 263 g/mol. The summed E-state index contributed by atoms with van der Waals surface area (Å²) in [4.78, 5) is 10.7. The highest BCUT2D eigenvalue weighted by Gasteiger charge is 2.05. The van der Waals surface area contributed by atoms with E-state index in [1.807, 2.05) is 30.3 Å². The molecule has 0 unspecified atom stereocenters. The summed E-state index contributed by atoms with van der Waals surface area (Å²) >= 11 is 0. The van der Waals surface area contributed by atoms with Gasteiger partial charge in [-0.3, -0.25) is 4.79 Å². The molecule has 4 heteroatoms. The van der Waals surface area contributed by atoms with Crippen molar-refractivity contribution in [1.82, 2.24) is 5.32 Å². The molecule has 1 aromatic rings. The molecule has 0 bridgehead atoms. The second kappa shape index (κ2) is 9.30. The van der Waals surface area contributed by atoms with E-state index in [1.54, 1.807) is 0 Å². The first-order valence-electron chi connectivity index (χ1n) is 6.42. The van der Waals surface area contributed by atoms with E-state index in [9.17, 15) is 4.79 Å². The molecule has 2 N–H and O–H groups in total. The summed E-state index contributed by atoms with van der Waals surface area (Å²) in [6.45, 7) is 6.38. The summed E-state index contributed by atoms with van der Waals surface area (Å²) in [6.07, 6.45) is 2.75. The molecule has 0 saturated carbocycles. The predicted molar refractivity (Wildman–Crippen MR) is 75.1 cm³/mol. The van der Waals surface area contributed by atoms with Crippen LogP contribution in [0.2, 0.25) is 0 Å². The van der Waals surface area contributed by atoms with Crippen LogP contribution in [0, 0.1) is 0 Å². The maximum atomic E-state index is 10.7. The minimum atomic E-state index is -0.805. The van der Waals surface area contributed by atoms with E-state index in [0.717, 1.165) is 24.1 Å². The van der Waals surface area contributed by atoms with Crippen LogP contribution in [0.1, 0.15) is 17.5 Å². The third kappa shape index (κ3) is 6.74. The van der Waals surface area contributed by atoms with Crippen LogP contribution in [0.5, 0.6) is 0 Å². The van der Waals surface area contributed by atoms with Gasteiger partial charge in [-0.05, 0) is 17.5 Å². The molecule has 0 atom stereocenters. The monoisotopic (exact) mass is 263 g/mol. The zero-order valence-corrected chi connectivity index (χ0v) is 11.1. The Kier molecular flexibility index (Phi) is 7.54. The van der Waals surface area contributed by atoms with Crippen molar-refractivity contribution in [3.63, 3.8) is 0 Å². The van der Waals surface area contributed by atoms with E-state index in [1.165, 1.54) is 0 Å². The fourth-order valence-electron chi connectivity index (χ4n) is 1.70. The van der Waals surface area contributed by atoms with Crippen LogP contribution < -0.4 is 5.32 Å². The molecular formula is C15H21NO3. The fourth-order valence-corrected chi connectivity index (χ4v) is 1.70. The van der Waals surface area contributed by atoms with Crippen molar-refractivity contribution < 1.29 is 14.6 Å². The standard InChI is InChI=1S/C15H21NO3/c1-2-3-9-19-10-8-16-12-14-7-5-4-6-13(14)11-15(17)18/h2,4-7,16H,1,3,8-12H2,(H,17,18). The van der Waals surface area contributed by atoms with E-state index in [2.05, 4.69) is 11.9 Å². The third-order valence-electron chi connectivity index (χ3n) is 2.67. The maximum absolute atomic E-state index is 10.7. The molecule has 104 valence electrons. The Hall–Kier alpha value is -1.65. The molecule has 0 aliphatic heterocycles. The first-order valence-corrected chi connectivity index (χ1v) is 6.42. The van der Waals surface area contributed by atoms with Crippen molar-refractivity contribution in [3.05, 3.63) is 48.0 Å². The molecule has 0 fully saturated rings. The quantitative estimate of drug-likeness (QED) is 0.501. The van der Waals surface area contributed by atoms with Crippen LogP contribution >= 0.6 is 0 Å². The zero-order chi connectivity index (χ0) is 13.9. The number of benzene rings is 1. The molecule has 0 aliphatic rings. The Morgan fingerprint density at radius 1 is 1.32 bits per heavy atom. The summed E-state index contributed by atoms with van der Waals surface area (Å²) in [5.74, 6) is -0.805. The highest BCUT2D eigenvalue weighted by Crippen LogP contribution is 2.09. The lowest BCUT2D eigenvalue weighted by atomic mass is 10.0. The number of ether oxygens (including phenoxy) is 1. The number of rotatable bonds is 10. The molecule has 0 amide bonds. The summed E-state index contributed by atoms with van der Waals surface area (Å²) in [7, 11) is 0. The van der Waals surface area contributed by atoms with Crippen LogP contribution in [-0.4, -0.2) is 30.8 Å². The van der Waals surface area contributed by atoms with Gasteiger partial charge in [0, 0.05) is 13.1 Å². The second-order valence-electron chi connectivity index (χ2n) is 4.21. The molecule has 0 spiro atoms. The molecule has 0 aliphatic carbocycles. The molecule has 1 rings (SSSR count). The van der Waals surface area contributed by atoms with Crippen molar-refractivity contribution in [3.8, 4) is 0 Å². The topological polar surface area (TPSA) is 58.6 Å². The summed E-state index contributed by atoms with van der Waals surface area (Å²) in [6, 6.07) is 7.58. The van der Waals surface area contributed by atoms with E-state index >= 15 is 0 Å². The molecule has 0 aromatic heterocycles. The van der Waals surface area contributed by atoms with Crippen molar-refractivity contribution >= 4 is 5.97 Å². The van der Waals surface area contributed by atoms with E-state index in [4.69, 9.17) is 9.84 Å². The molecule has 19 heavy (non-hydrogen) atoms. The minimum Gasteiger partial charge on any atom is -0.481 e. The van der Waals surface area contributed by atoms with Crippen molar-refractivity contribution in [2.75, 3.05) is 19.8 Å². The Morgan fingerprint density at radius 2 is 2.05 bits per heavy atom.